The quantitative estimate of drug-likeness (QED) is 0.633. The van der Waals surface area contributed by atoms with Crippen molar-refractivity contribution in [3.63, 3.8) is 0 Å². The standard InChI is InChI=1S/C10H8ClN3O2S/c11-8-3-7(15)2-1-6(8)4-12-14-10-13-9(16)5-17-10/h1-4,15H,5H2,(H,13,14,16). The number of phenolic OH excluding ortho intramolecular Hbond substituents is 1. The van der Waals surface area contributed by atoms with Gasteiger partial charge in [0.2, 0.25) is 5.91 Å². The Morgan fingerprint density at radius 2 is 2.35 bits per heavy atom. The summed E-state index contributed by atoms with van der Waals surface area (Å²) in [7, 11) is 0. The second-order valence-corrected chi connectivity index (χ2v) is 4.56. The van der Waals surface area contributed by atoms with Crippen LogP contribution < -0.4 is 5.32 Å². The number of amidine groups is 1. The summed E-state index contributed by atoms with van der Waals surface area (Å²) < 4.78 is 0. The molecule has 0 spiro atoms. The number of amides is 1. The Hall–Kier alpha value is -1.53. The molecule has 2 N–H and O–H groups in total. The number of benzene rings is 1. The van der Waals surface area contributed by atoms with Crippen LogP contribution in [0.5, 0.6) is 5.75 Å². The van der Waals surface area contributed by atoms with Crippen LogP contribution in [0.4, 0.5) is 0 Å². The maximum atomic E-state index is 10.9. The van der Waals surface area contributed by atoms with Crippen molar-refractivity contribution in [2.45, 2.75) is 0 Å². The van der Waals surface area contributed by atoms with Crippen molar-refractivity contribution < 1.29 is 9.90 Å². The molecule has 0 unspecified atom stereocenters. The lowest BCUT2D eigenvalue weighted by molar-refractivity contribution is -0.116. The third-order valence-corrected chi connectivity index (χ3v) is 3.11. The predicted molar refractivity (Wildman–Crippen MR) is 68.7 cm³/mol. The van der Waals surface area contributed by atoms with Gasteiger partial charge in [-0.3, -0.25) is 4.79 Å². The summed E-state index contributed by atoms with van der Waals surface area (Å²) in [6.07, 6.45) is 1.46. The molecular formula is C10H8ClN3O2S. The van der Waals surface area contributed by atoms with Gasteiger partial charge >= 0.3 is 0 Å². The van der Waals surface area contributed by atoms with Crippen molar-refractivity contribution in [3.05, 3.63) is 28.8 Å². The van der Waals surface area contributed by atoms with Gasteiger partial charge in [-0.05, 0) is 18.2 Å². The van der Waals surface area contributed by atoms with E-state index >= 15 is 0 Å². The number of halogens is 1. The number of aromatic hydroxyl groups is 1. The highest BCUT2D eigenvalue weighted by atomic mass is 35.5. The highest BCUT2D eigenvalue weighted by Crippen LogP contribution is 2.20. The number of hydrogen-bond donors (Lipinski definition) is 2. The second-order valence-electron chi connectivity index (χ2n) is 3.19. The van der Waals surface area contributed by atoms with Gasteiger partial charge in [-0.2, -0.15) is 5.10 Å². The van der Waals surface area contributed by atoms with Crippen LogP contribution in [0, 0.1) is 0 Å². The van der Waals surface area contributed by atoms with E-state index in [1.54, 1.807) is 6.07 Å². The van der Waals surface area contributed by atoms with Gasteiger partial charge in [0, 0.05) is 5.56 Å². The van der Waals surface area contributed by atoms with Gasteiger partial charge in [-0.15, -0.1) is 5.10 Å². The van der Waals surface area contributed by atoms with E-state index in [1.807, 2.05) is 0 Å². The van der Waals surface area contributed by atoms with Crippen molar-refractivity contribution in [2.75, 3.05) is 5.75 Å². The summed E-state index contributed by atoms with van der Waals surface area (Å²) in [4.78, 5) is 10.9. The molecule has 1 saturated heterocycles. The fourth-order valence-corrected chi connectivity index (χ4v) is 2.00. The van der Waals surface area contributed by atoms with Crippen molar-refractivity contribution in [1.29, 1.82) is 0 Å². The smallest absolute Gasteiger partial charge is 0.236 e. The molecule has 0 saturated carbocycles. The molecule has 88 valence electrons. The van der Waals surface area contributed by atoms with E-state index in [2.05, 4.69) is 15.5 Å². The number of rotatable bonds is 2. The Balaban J connectivity index is 2.08. The van der Waals surface area contributed by atoms with Gasteiger partial charge in [0.15, 0.2) is 5.17 Å². The van der Waals surface area contributed by atoms with Crippen LogP contribution in [0.25, 0.3) is 0 Å². The van der Waals surface area contributed by atoms with Crippen molar-refractivity contribution in [3.8, 4) is 5.75 Å². The van der Waals surface area contributed by atoms with E-state index in [0.29, 0.717) is 21.5 Å². The molecule has 1 aliphatic rings. The maximum absolute atomic E-state index is 10.9. The molecule has 1 heterocycles. The van der Waals surface area contributed by atoms with E-state index in [-0.39, 0.29) is 11.7 Å². The van der Waals surface area contributed by atoms with Crippen molar-refractivity contribution in [2.24, 2.45) is 10.2 Å². The summed E-state index contributed by atoms with van der Waals surface area (Å²) in [5, 5.41) is 20.2. The van der Waals surface area contributed by atoms with Crippen LogP contribution in [0.2, 0.25) is 5.02 Å². The Labute approximate surface area is 107 Å². The van der Waals surface area contributed by atoms with E-state index in [1.165, 1.54) is 30.1 Å². The zero-order valence-corrected chi connectivity index (χ0v) is 10.1. The minimum Gasteiger partial charge on any atom is -0.508 e. The third-order valence-electron chi connectivity index (χ3n) is 1.92. The average molecular weight is 270 g/mol. The highest BCUT2D eigenvalue weighted by molar-refractivity contribution is 8.15. The summed E-state index contributed by atoms with van der Waals surface area (Å²) in [6.45, 7) is 0. The fraction of sp³-hybridized carbons (Fsp3) is 0.100. The first-order valence-corrected chi connectivity index (χ1v) is 6.04. The first-order chi connectivity index (χ1) is 8.15. The highest BCUT2D eigenvalue weighted by Gasteiger charge is 2.15. The molecule has 7 heteroatoms. The molecule has 0 radical (unpaired) electrons. The van der Waals surface area contributed by atoms with Crippen molar-refractivity contribution in [1.82, 2.24) is 5.32 Å². The van der Waals surface area contributed by atoms with E-state index in [4.69, 9.17) is 16.7 Å². The molecule has 1 aromatic carbocycles. The lowest BCUT2D eigenvalue weighted by Gasteiger charge is -1.97. The fourth-order valence-electron chi connectivity index (χ4n) is 1.14. The number of hydrogen-bond acceptors (Lipinski definition) is 5. The molecule has 17 heavy (non-hydrogen) atoms. The topological polar surface area (TPSA) is 74.0 Å². The number of thioether (sulfide) groups is 1. The van der Waals surface area contributed by atoms with Crippen molar-refractivity contribution >= 4 is 40.7 Å². The molecule has 1 fully saturated rings. The van der Waals surface area contributed by atoms with Gasteiger partial charge in [0.05, 0.1) is 17.0 Å². The number of phenols is 1. The monoisotopic (exact) mass is 269 g/mol. The first kappa shape index (κ1) is 11.9. The zero-order valence-electron chi connectivity index (χ0n) is 8.55. The zero-order chi connectivity index (χ0) is 12.3. The molecule has 5 nitrogen and oxygen atoms in total. The van der Waals surface area contributed by atoms with E-state index < -0.39 is 0 Å². The largest absolute Gasteiger partial charge is 0.508 e. The molecule has 1 amide bonds. The molecule has 1 aromatic rings. The molecule has 0 bridgehead atoms. The molecule has 1 aliphatic heterocycles. The maximum Gasteiger partial charge on any atom is 0.236 e. The van der Waals surface area contributed by atoms with Gasteiger partial charge < -0.3 is 10.4 Å². The summed E-state index contributed by atoms with van der Waals surface area (Å²) in [5.41, 5.74) is 0.642. The van der Waals surface area contributed by atoms with E-state index in [9.17, 15) is 4.79 Å². The third kappa shape index (κ3) is 3.21. The van der Waals surface area contributed by atoms with Crippen LogP contribution in [0.1, 0.15) is 5.56 Å². The van der Waals surface area contributed by atoms with Crippen LogP contribution in [0.3, 0.4) is 0 Å². The van der Waals surface area contributed by atoms with Crippen LogP contribution >= 0.6 is 23.4 Å². The lowest BCUT2D eigenvalue weighted by atomic mass is 10.2. The lowest BCUT2D eigenvalue weighted by Crippen LogP contribution is -2.19. The number of carbonyl (C=O) groups excluding carboxylic acids is 1. The predicted octanol–water partition coefficient (Wildman–Crippen LogP) is 1.60. The average Bonchev–Trinajstić information content (AvgIpc) is 2.68. The second kappa shape index (κ2) is 5.20. The SMILES string of the molecule is O=C1CSC(=NN=Cc2ccc(O)cc2Cl)N1. The molecule has 2 rings (SSSR count). The Morgan fingerprint density at radius 1 is 1.53 bits per heavy atom. The first-order valence-electron chi connectivity index (χ1n) is 4.67. The van der Waals surface area contributed by atoms with Gasteiger partial charge in [0.25, 0.3) is 0 Å². The summed E-state index contributed by atoms with van der Waals surface area (Å²) >= 11 is 7.17. The van der Waals surface area contributed by atoms with Crippen LogP contribution in [-0.4, -0.2) is 28.1 Å². The number of nitrogens with zero attached hydrogens (tertiary/aromatic N) is 2. The Morgan fingerprint density at radius 3 is 3.00 bits per heavy atom. The minimum absolute atomic E-state index is 0.0772. The molecule has 0 aliphatic carbocycles. The van der Waals surface area contributed by atoms with Crippen LogP contribution in [0.15, 0.2) is 28.4 Å². The number of carbonyl (C=O) groups is 1. The van der Waals surface area contributed by atoms with Gasteiger partial charge in [-0.25, -0.2) is 0 Å². The number of nitrogens with one attached hydrogen (secondary N) is 1. The minimum atomic E-state index is -0.0772. The Kier molecular flexibility index (Phi) is 3.65. The van der Waals surface area contributed by atoms with Crippen LogP contribution in [-0.2, 0) is 4.79 Å². The molecule has 0 aromatic heterocycles. The molecular weight excluding hydrogens is 262 g/mol. The summed E-state index contributed by atoms with van der Waals surface area (Å²) in [6, 6.07) is 4.55. The Bertz CT molecular complexity index is 516. The van der Waals surface area contributed by atoms with Gasteiger partial charge in [-0.1, -0.05) is 23.4 Å². The molecule has 0 atom stereocenters. The van der Waals surface area contributed by atoms with E-state index in [0.717, 1.165) is 0 Å². The van der Waals surface area contributed by atoms with Gasteiger partial charge in [0.1, 0.15) is 5.75 Å². The normalized spacial score (nSPS) is 17.9. The summed E-state index contributed by atoms with van der Waals surface area (Å²) in [5.74, 6) is 0.387.